The van der Waals surface area contributed by atoms with Crippen molar-refractivity contribution < 1.29 is 23.7 Å². The van der Waals surface area contributed by atoms with Crippen molar-refractivity contribution in [1.82, 2.24) is 0 Å². The summed E-state index contributed by atoms with van der Waals surface area (Å²) in [7, 11) is 0. The molecule has 1 heterocycles. The van der Waals surface area contributed by atoms with Gasteiger partial charge in [-0.1, -0.05) is 60.7 Å². The molecule has 1 aliphatic heterocycles. The minimum Gasteiger partial charge on any atom is -0.368 e. The van der Waals surface area contributed by atoms with E-state index in [1.165, 1.54) is 0 Å². The molecule has 134 valence electrons. The highest BCUT2D eigenvalue weighted by molar-refractivity contribution is 5.14. The Labute approximate surface area is 147 Å². The molecule has 2 aromatic carbocycles. The molecular weight excluding hydrogens is 323 g/mol. The lowest BCUT2D eigenvalue weighted by atomic mass is 10.00. The van der Waals surface area contributed by atoms with Crippen molar-refractivity contribution in [1.29, 1.82) is 0 Å². The van der Waals surface area contributed by atoms with Gasteiger partial charge in [-0.15, -0.1) is 0 Å². The van der Waals surface area contributed by atoms with Crippen LogP contribution in [0.15, 0.2) is 60.7 Å². The first-order valence-electron chi connectivity index (χ1n) is 8.44. The van der Waals surface area contributed by atoms with Crippen molar-refractivity contribution in [2.45, 2.75) is 50.9 Å². The molecule has 5 atom stereocenters. The van der Waals surface area contributed by atoms with Gasteiger partial charge in [0.15, 0.2) is 12.5 Å². The molecule has 0 aromatic heterocycles. The highest BCUT2D eigenvalue weighted by Gasteiger charge is 2.45. The van der Waals surface area contributed by atoms with E-state index in [0.29, 0.717) is 6.61 Å². The Bertz CT molecular complexity index is 637. The van der Waals surface area contributed by atoms with Crippen LogP contribution in [0.25, 0.3) is 0 Å². The maximum atomic E-state index is 14.5. The van der Waals surface area contributed by atoms with Gasteiger partial charge in [0.2, 0.25) is 0 Å². The minimum atomic E-state index is -1.67. The van der Waals surface area contributed by atoms with E-state index in [-0.39, 0.29) is 6.61 Å². The van der Waals surface area contributed by atoms with Crippen molar-refractivity contribution in [3.63, 3.8) is 0 Å². The molecule has 3 rings (SSSR count). The normalized spacial score (nSPS) is 29.5. The molecule has 5 heteroatoms. The monoisotopic (exact) mass is 346 g/mol. The SMILES string of the molecule is C[C@H]1O[C@H](O)[C@H](F)[C@@H](OCc2ccccc2)[C@H]1OCc1ccccc1. The van der Waals surface area contributed by atoms with Gasteiger partial charge < -0.3 is 19.3 Å². The van der Waals surface area contributed by atoms with Crippen LogP contribution in [0.3, 0.4) is 0 Å². The van der Waals surface area contributed by atoms with E-state index in [4.69, 9.17) is 14.2 Å². The number of rotatable bonds is 6. The highest BCUT2D eigenvalue weighted by Crippen LogP contribution is 2.28. The van der Waals surface area contributed by atoms with E-state index < -0.39 is 30.8 Å². The van der Waals surface area contributed by atoms with E-state index in [0.717, 1.165) is 11.1 Å². The van der Waals surface area contributed by atoms with Crippen LogP contribution < -0.4 is 0 Å². The first-order valence-corrected chi connectivity index (χ1v) is 8.44. The smallest absolute Gasteiger partial charge is 0.189 e. The van der Waals surface area contributed by atoms with E-state index in [1.807, 2.05) is 60.7 Å². The van der Waals surface area contributed by atoms with Gasteiger partial charge in [0.05, 0.1) is 19.3 Å². The second kappa shape index (κ2) is 8.54. The third kappa shape index (κ3) is 4.64. The highest BCUT2D eigenvalue weighted by atomic mass is 19.1. The van der Waals surface area contributed by atoms with Crippen LogP contribution in [0.4, 0.5) is 4.39 Å². The van der Waals surface area contributed by atoms with Gasteiger partial charge >= 0.3 is 0 Å². The zero-order chi connectivity index (χ0) is 17.6. The number of alkyl halides is 1. The molecule has 1 fully saturated rings. The zero-order valence-electron chi connectivity index (χ0n) is 14.1. The molecule has 1 saturated heterocycles. The predicted molar refractivity (Wildman–Crippen MR) is 91.5 cm³/mol. The molecule has 4 nitrogen and oxygen atoms in total. The Hall–Kier alpha value is -1.79. The zero-order valence-corrected chi connectivity index (χ0v) is 14.1. The molecule has 25 heavy (non-hydrogen) atoms. The average Bonchev–Trinajstić information content (AvgIpc) is 2.64. The van der Waals surface area contributed by atoms with E-state index in [1.54, 1.807) is 6.92 Å². The molecular formula is C20H23FO4. The maximum absolute atomic E-state index is 14.5. The molecule has 0 spiro atoms. The fourth-order valence-electron chi connectivity index (χ4n) is 2.93. The summed E-state index contributed by atoms with van der Waals surface area (Å²) in [4.78, 5) is 0. The van der Waals surface area contributed by atoms with Gasteiger partial charge in [-0.05, 0) is 18.1 Å². The summed E-state index contributed by atoms with van der Waals surface area (Å²) in [6, 6.07) is 19.2. The Morgan fingerprint density at radius 2 is 1.36 bits per heavy atom. The van der Waals surface area contributed by atoms with Crippen LogP contribution in [0.2, 0.25) is 0 Å². The molecule has 0 bridgehead atoms. The Morgan fingerprint density at radius 1 is 0.880 bits per heavy atom. The van der Waals surface area contributed by atoms with Gasteiger partial charge in [0.25, 0.3) is 0 Å². The number of halogens is 1. The van der Waals surface area contributed by atoms with E-state index in [9.17, 15) is 9.50 Å². The van der Waals surface area contributed by atoms with Gasteiger partial charge in [-0.25, -0.2) is 4.39 Å². The summed E-state index contributed by atoms with van der Waals surface area (Å²) in [6.07, 6.45) is -5.16. The number of aliphatic hydroxyl groups is 1. The Balaban J connectivity index is 1.67. The van der Waals surface area contributed by atoms with Crippen molar-refractivity contribution >= 4 is 0 Å². The number of hydrogen-bond donors (Lipinski definition) is 1. The average molecular weight is 346 g/mol. The van der Waals surface area contributed by atoms with Crippen LogP contribution in [0.1, 0.15) is 18.1 Å². The molecule has 1 N–H and O–H groups in total. The van der Waals surface area contributed by atoms with Crippen LogP contribution in [-0.4, -0.2) is 35.9 Å². The number of ether oxygens (including phenoxy) is 3. The van der Waals surface area contributed by atoms with Crippen molar-refractivity contribution in [3.8, 4) is 0 Å². The fourth-order valence-corrected chi connectivity index (χ4v) is 2.93. The Morgan fingerprint density at radius 3 is 1.88 bits per heavy atom. The minimum absolute atomic E-state index is 0.247. The van der Waals surface area contributed by atoms with E-state index in [2.05, 4.69) is 0 Å². The van der Waals surface area contributed by atoms with E-state index >= 15 is 0 Å². The third-order valence-electron chi connectivity index (χ3n) is 4.30. The summed E-state index contributed by atoms with van der Waals surface area (Å²) in [5.41, 5.74) is 1.92. The summed E-state index contributed by atoms with van der Waals surface area (Å²) in [5.74, 6) is 0. The number of aliphatic hydroxyl groups excluding tert-OH is 1. The fraction of sp³-hybridized carbons (Fsp3) is 0.400. The van der Waals surface area contributed by atoms with Gasteiger partial charge in [-0.2, -0.15) is 0 Å². The summed E-state index contributed by atoms with van der Waals surface area (Å²) in [5, 5.41) is 9.79. The summed E-state index contributed by atoms with van der Waals surface area (Å²) >= 11 is 0. The summed E-state index contributed by atoms with van der Waals surface area (Å²) < 4.78 is 31.5. The van der Waals surface area contributed by atoms with Crippen molar-refractivity contribution in [2.75, 3.05) is 0 Å². The summed E-state index contributed by atoms with van der Waals surface area (Å²) in [6.45, 7) is 2.33. The predicted octanol–water partition coefficient (Wildman–Crippen LogP) is 3.23. The molecule has 0 aliphatic carbocycles. The lowest BCUT2D eigenvalue weighted by molar-refractivity contribution is -0.282. The van der Waals surface area contributed by atoms with Gasteiger partial charge in [-0.3, -0.25) is 0 Å². The van der Waals surface area contributed by atoms with Gasteiger partial charge in [0.1, 0.15) is 12.2 Å². The molecule has 0 unspecified atom stereocenters. The Kier molecular flexibility index (Phi) is 6.15. The number of hydrogen-bond acceptors (Lipinski definition) is 4. The molecule has 0 amide bonds. The van der Waals surface area contributed by atoms with Crippen molar-refractivity contribution in [3.05, 3.63) is 71.8 Å². The van der Waals surface area contributed by atoms with Crippen LogP contribution >= 0.6 is 0 Å². The lowest BCUT2D eigenvalue weighted by Crippen LogP contribution is -2.56. The molecule has 0 saturated carbocycles. The van der Waals surface area contributed by atoms with Crippen LogP contribution in [0.5, 0.6) is 0 Å². The van der Waals surface area contributed by atoms with Crippen LogP contribution in [0, 0.1) is 0 Å². The van der Waals surface area contributed by atoms with Gasteiger partial charge in [0, 0.05) is 0 Å². The standard InChI is InChI=1S/C20H23FO4/c1-14-18(23-12-15-8-4-2-5-9-15)19(17(21)20(22)25-14)24-13-16-10-6-3-7-11-16/h2-11,14,17-20,22H,12-13H2,1H3/t14-,17-,18+,19-,20+/m1/s1. The first-order chi connectivity index (χ1) is 12.1. The first kappa shape index (κ1) is 18.0. The quantitative estimate of drug-likeness (QED) is 0.872. The maximum Gasteiger partial charge on any atom is 0.189 e. The van der Waals surface area contributed by atoms with Crippen LogP contribution in [-0.2, 0) is 27.4 Å². The molecule has 1 aliphatic rings. The topological polar surface area (TPSA) is 47.9 Å². The largest absolute Gasteiger partial charge is 0.368 e. The lowest BCUT2D eigenvalue weighted by Gasteiger charge is -2.40. The third-order valence-corrected chi connectivity index (χ3v) is 4.30. The van der Waals surface area contributed by atoms with Crippen molar-refractivity contribution in [2.24, 2.45) is 0 Å². The molecule has 0 radical (unpaired) electrons. The number of benzene rings is 2. The second-order valence-electron chi connectivity index (χ2n) is 6.20. The molecule has 2 aromatic rings. The second-order valence-corrected chi connectivity index (χ2v) is 6.20.